The van der Waals surface area contributed by atoms with E-state index in [1.54, 1.807) is 0 Å². The molecule has 0 heterocycles. The third kappa shape index (κ3) is 3.07. The normalized spacial score (nSPS) is 17.9. The SMILES string of the molecule is O=C(Cc1ccccc1)NC1(CO)CCCC1. The van der Waals surface area contributed by atoms with E-state index in [2.05, 4.69) is 5.32 Å². The minimum atomic E-state index is -0.355. The lowest BCUT2D eigenvalue weighted by molar-refractivity contribution is -0.122. The third-order valence-corrected chi connectivity index (χ3v) is 3.48. The molecule has 0 aromatic heterocycles. The lowest BCUT2D eigenvalue weighted by Gasteiger charge is -2.28. The molecule has 3 heteroatoms. The van der Waals surface area contributed by atoms with E-state index in [9.17, 15) is 9.90 Å². The molecule has 1 aliphatic rings. The Morgan fingerprint density at radius 1 is 1.24 bits per heavy atom. The van der Waals surface area contributed by atoms with Crippen molar-refractivity contribution in [3.8, 4) is 0 Å². The van der Waals surface area contributed by atoms with E-state index in [1.165, 1.54) is 0 Å². The number of carbonyl (C=O) groups is 1. The van der Waals surface area contributed by atoms with Crippen LogP contribution in [0.1, 0.15) is 31.2 Å². The molecule has 2 rings (SSSR count). The minimum absolute atomic E-state index is 0.00662. The maximum atomic E-state index is 11.9. The molecule has 0 atom stereocenters. The van der Waals surface area contributed by atoms with E-state index >= 15 is 0 Å². The quantitative estimate of drug-likeness (QED) is 0.830. The van der Waals surface area contributed by atoms with Crippen molar-refractivity contribution in [2.24, 2.45) is 0 Å². The molecular weight excluding hydrogens is 214 g/mol. The van der Waals surface area contributed by atoms with E-state index < -0.39 is 0 Å². The Kier molecular flexibility index (Phi) is 3.79. The van der Waals surface area contributed by atoms with Gasteiger partial charge >= 0.3 is 0 Å². The van der Waals surface area contributed by atoms with Crippen LogP contribution in [-0.2, 0) is 11.2 Å². The molecule has 2 N–H and O–H groups in total. The maximum absolute atomic E-state index is 11.9. The number of amides is 1. The van der Waals surface area contributed by atoms with Crippen LogP contribution in [0.5, 0.6) is 0 Å². The predicted molar refractivity (Wildman–Crippen MR) is 66.6 cm³/mol. The summed E-state index contributed by atoms with van der Waals surface area (Å²) in [5.41, 5.74) is 0.655. The second-order valence-corrected chi connectivity index (χ2v) is 4.86. The van der Waals surface area contributed by atoms with E-state index in [4.69, 9.17) is 0 Å². The second-order valence-electron chi connectivity index (χ2n) is 4.86. The number of rotatable bonds is 4. The van der Waals surface area contributed by atoms with Gasteiger partial charge in [-0.1, -0.05) is 43.2 Å². The predicted octanol–water partition coefficient (Wildman–Crippen LogP) is 1.65. The van der Waals surface area contributed by atoms with Crippen LogP contribution in [0.3, 0.4) is 0 Å². The summed E-state index contributed by atoms with van der Waals surface area (Å²) >= 11 is 0. The Hall–Kier alpha value is -1.35. The van der Waals surface area contributed by atoms with Gasteiger partial charge in [-0.3, -0.25) is 4.79 Å². The number of benzene rings is 1. The summed E-state index contributed by atoms with van der Waals surface area (Å²) in [5.74, 6) is 0.00662. The molecule has 0 spiro atoms. The Balaban J connectivity index is 1.93. The van der Waals surface area contributed by atoms with Crippen molar-refractivity contribution in [2.45, 2.75) is 37.6 Å². The summed E-state index contributed by atoms with van der Waals surface area (Å²) < 4.78 is 0. The number of hydrogen-bond acceptors (Lipinski definition) is 2. The standard InChI is InChI=1S/C14H19NO2/c16-11-14(8-4-5-9-14)15-13(17)10-12-6-2-1-3-7-12/h1-3,6-7,16H,4-5,8-11H2,(H,15,17). The summed E-state index contributed by atoms with van der Waals surface area (Å²) in [6.07, 6.45) is 4.36. The number of nitrogens with one attached hydrogen (secondary N) is 1. The largest absolute Gasteiger partial charge is 0.394 e. The van der Waals surface area contributed by atoms with Crippen LogP contribution in [0, 0.1) is 0 Å². The fourth-order valence-corrected chi connectivity index (χ4v) is 2.50. The van der Waals surface area contributed by atoms with E-state index in [0.29, 0.717) is 6.42 Å². The molecule has 1 fully saturated rings. The molecule has 0 radical (unpaired) electrons. The Labute approximate surface area is 102 Å². The number of aliphatic hydroxyl groups is 1. The number of hydrogen-bond donors (Lipinski definition) is 2. The smallest absolute Gasteiger partial charge is 0.224 e. The van der Waals surface area contributed by atoms with E-state index in [0.717, 1.165) is 31.2 Å². The fraction of sp³-hybridized carbons (Fsp3) is 0.500. The van der Waals surface area contributed by atoms with Gasteiger partial charge in [-0.25, -0.2) is 0 Å². The van der Waals surface area contributed by atoms with Crippen molar-refractivity contribution < 1.29 is 9.90 Å². The maximum Gasteiger partial charge on any atom is 0.224 e. The Bertz CT molecular complexity index is 369. The van der Waals surface area contributed by atoms with E-state index in [-0.39, 0.29) is 18.1 Å². The number of carbonyl (C=O) groups excluding carboxylic acids is 1. The molecule has 1 saturated carbocycles. The highest BCUT2D eigenvalue weighted by atomic mass is 16.3. The van der Waals surface area contributed by atoms with Crippen LogP contribution >= 0.6 is 0 Å². The Morgan fingerprint density at radius 3 is 2.47 bits per heavy atom. The first-order valence-electron chi connectivity index (χ1n) is 6.20. The van der Waals surface area contributed by atoms with Gasteiger partial charge in [0.2, 0.25) is 5.91 Å². The van der Waals surface area contributed by atoms with Gasteiger partial charge in [0, 0.05) is 0 Å². The molecule has 17 heavy (non-hydrogen) atoms. The van der Waals surface area contributed by atoms with Gasteiger partial charge in [-0.2, -0.15) is 0 Å². The summed E-state index contributed by atoms with van der Waals surface area (Å²) in [6.45, 7) is 0.0491. The van der Waals surface area contributed by atoms with Gasteiger partial charge in [0.05, 0.1) is 18.6 Å². The van der Waals surface area contributed by atoms with Crippen molar-refractivity contribution in [3.05, 3.63) is 35.9 Å². The van der Waals surface area contributed by atoms with E-state index in [1.807, 2.05) is 30.3 Å². The van der Waals surface area contributed by atoms with Gasteiger partial charge in [0.15, 0.2) is 0 Å². The van der Waals surface area contributed by atoms with Gasteiger partial charge < -0.3 is 10.4 Å². The van der Waals surface area contributed by atoms with Crippen LogP contribution in [0.4, 0.5) is 0 Å². The van der Waals surface area contributed by atoms with Gasteiger partial charge in [-0.05, 0) is 18.4 Å². The second kappa shape index (κ2) is 5.32. The van der Waals surface area contributed by atoms with Crippen molar-refractivity contribution in [1.29, 1.82) is 0 Å². The highest BCUT2D eigenvalue weighted by molar-refractivity contribution is 5.79. The van der Waals surface area contributed by atoms with Crippen molar-refractivity contribution >= 4 is 5.91 Å². The molecule has 0 bridgehead atoms. The Morgan fingerprint density at radius 2 is 1.88 bits per heavy atom. The van der Waals surface area contributed by atoms with Crippen molar-refractivity contribution in [3.63, 3.8) is 0 Å². The third-order valence-electron chi connectivity index (χ3n) is 3.48. The molecule has 1 aromatic carbocycles. The molecule has 1 aromatic rings. The first-order valence-corrected chi connectivity index (χ1v) is 6.20. The lowest BCUT2D eigenvalue weighted by atomic mass is 9.98. The highest BCUT2D eigenvalue weighted by Gasteiger charge is 2.34. The number of aliphatic hydroxyl groups excluding tert-OH is 1. The first-order chi connectivity index (χ1) is 8.24. The zero-order valence-corrected chi connectivity index (χ0v) is 9.98. The first kappa shape index (κ1) is 12.1. The zero-order valence-electron chi connectivity index (χ0n) is 9.98. The lowest BCUT2D eigenvalue weighted by Crippen LogP contribution is -2.49. The summed E-state index contributed by atoms with van der Waals surface area (Å²) in [7, 11) is 0. The minimum Gasteiger partial charge on any atom is -0.394 e. The molecule has 92 valence electrons. The average Bonchev–Trinajstić information content (AvgIpc) is 2.79. The summed E-state index contributed by atoms with van der Waals surface area (Å²) in [6, 6.07) is 9.69. The van der Waals surface area contributed by atoms with Crippen molar-refractivity contribution in [1.82, 2.24) is 5.32 Å². The molecule has 0 saturated heterocycles. The molecule has 3 nitrogen and oxygen atoms in total. The van der Waals surface area contributed by atoms with Gasteiger partial charge in [-0.15, -0.1) is 0 Å². The van der Waals surface area contributed by atoms with Crippen molar-refractivity contribution in [2.75, 3.05) is 6.61 Å². The topological polar surface area (TPSA) is 49.3 Å². The molecule has 0 unspecified atom stereocenters. The van der Waals surface area contributed by atoms with Crippen LogP contribution in [0.25, 0.3) is 0 Å². The van der Waals surface area contributed by atoms with Gasteiger partial charge in [0.25, 0.3) is 0 Å². The molecular formula is C14H19NO2. The molecule has 1 amide bonds. The average molecular weight is 233 g/mol. The van der Waals surface area contributed by atoms with Crippen LogP contribution < -0.4 is 5.32 Å². The highest BCUT2D eigenvalue weighted by Crippen LogP contribution is 2.29. The van der Waals surface area contributed by atoms with Crippen LogP contribution in [0.2, 0.25) is 0 Å². The summed E-state index contributed by atoms with van der Waals surface area (Å²) in [4.78, 5) is 11.9. The van der Waals surface area contributed by atoms with Gasteiger partial charge in [0.1, 0.15) is 0 Å². The fourth-order valence-electron chi connectivity index (χ4n) is 2.50. The molecule has 1 aliphatic carbocycles. The molecule has 0 aliphatic heterocycles. The van der Waals surface area contributed by atoms with Crippen LogP contribution in [0.15, 0.2) is 30.3 Å². The monoisotopic (exact) mass is 233 g/mol. The summed E-state index contributed by atoms with van der Waals surface area (Å²) in [5, 5.41) is 12.4. The zero-order chi connectivity index (χ0) is 12.1. The van der Waals surface area contributed by atoms with Crippen LogP contribution in [-0.4, -0.2) is 23.2 Å².